The summed E-state index contributed by atoms with van der Waals surface area (Å²) in [5.74, 6) is 0. The molecular formula is C7H17NO4P2. The normalized spacial score (nSPS) is 33.6. The zero-order valence-electron chi connectivity index (χ0n) is 8.80. The van der Waals surface area contributed by atoms with Gasteiger partial charge in [-0.25, -0.2) is 8.98 Å². The summed E-state index contributed by atoms with van der Waals surface area (Å²) in [6.45, 7) is 6.14. The Labute approximate surface area is 86.2 Å². The number of hydrogen-bond acceptors (Lipinski definition) is 5. The summed E-state index contributed by atoms with van der Waals surface area (Å²) in [7, 11) is -2.63. The molecule has 0 spiro atoms. The molecule has 1 heterocycles. The maximum absolute atomic E-state index is 11.8. The average molecular weight is 241 g/mol. The second-order valence-corrected chi connectivity index (χ2v) is 6.80. The van der Waals surface area contributed by atoms with E-state index in [1.807, 2.05) is 18.5 Å². The molecule has 0 aromatic carbocycles. The van der Waals surface area contributed by atoms with Gasteiger partial charge in [-0.15, -0.1) is 0 Å². The van der Waals surface area contributed by atoms with Crippen LogP contribution in [0.3, 0.4) is 0 Å². The van der Waals surface area contributed by atoms with Crippen molar-refractivity contribution < 1.29 is 17.9 Å². The molecule has 1 rings (SSSR count). The molecule has 1 saturated heterocycles. The molecule has 84 valence electrons. The zero-order valence-corrected chi connectivity index (χ0v) is 10.6. The Bertz CT molecular complexity index is 222. The maximum atomic E-state index is 11.8. The average Bonchev–Trinajstić information content (AvgIpc) is 2.20. The lowest BCUT2D eigenvalue weighted by Crippen LogP contribution is -2.22. The van der Waals surface area contributed by atoms with Gasteiger partial charge in [0, 0.05) is 20.2 Å². The molecule has 0 bridgehead atoms. The van der Waals surface area contributed by atoms with Gasteiger partial charge in [0.25, 0.3) is 8.53 Å². The Morgan fingerprint density at radius 1 is 1.50 bits per heavy atom. The van der Waals surface area contributed by atoms with Crippen LogP contribution in [-0.4, -0.2) is 37.6 Å². The van der Waals surface area contributed by atoms with Crippen LogP contribution in [0.5, 0.6) is 0 Å². The molecule has 5 nitrogen and oxygen atoms in total. The second-order valence-electron chi connectivity index (χ2n) is 2.81. The van der Waals surface area contributed by atoms with Crippen molar-refractivity contribution in [2.24, 2.45) is 0 Å². The van der Waals surface area contributed by atoms with E-state index in [9.17, 15) is 4.57 Å². The molecule has 1 aliphatic heterocycles. The monoisotopic (exact) mass is 241 g/mol. The van der Waals surface area contributed by atoms with Crippen LogP contribution in [0.25, 0.3) is 0 Å². The highest BCUT2D eigenvalue weighted by atomic mass is 31.2. The number of nitrogens with zero attached hydrogens (tertiary/aromatic N) is 1. The van der Waals surface area contributed by atoms with Crippen molar-refractivity contribution in [1.82, 2.24) is 4.67 Å². The van der Waals surface area contributed by atoms with E-state index in [4.69, 9.17) is 13.4 Å². The second kappa shape index (κ2) is 5.55. The van der Waals surface area contributed by atoms with Gasteiger partial charge in [0.1, 0.15) is 0 Å². The van der Waals surface area contributed by atoms with Gasteiger partial charge in [-0.1, -0.05) is 13.8 Å². The minimum absolute atomic E-state index is 0.351. The van der Waals surface area contributed by atoms with Gasteiger partial charge >= 0.3 is 7.60 Å². The standard InChI is InChI=1S/C7H17NO4P2/c1-4-8(5-2)13-11-6-7-14(9,10-3)12-13/h4-7H2,1-3H3. The largest absolute Gasteiger partial charge is 0.338 e. The molecule has 0 N–H and O–H groups in total. The Kier molecular flexibility index (Phi) is 4.98. The van der Waals surface area contributed by atoms with Crippen molar-refractivity contribution in [1.29, 1.82) is 0 Å². The summed E-state index contributed by atoms with van der Waals surface area (Å²) >= 11 is 0. The van der Waals surface area contributed by atoms with E-state index in [-0.39, 0.29) is 0 Å². The van der Waals surface area contributed by atoms with Gasteiger partial charge in [0.05, 0.1) is 12.8 Å². The Balaban J connectivity index is 2.59. The molecule has 0 amide bonds. The van der Waals surface area contributed by atoms with Crippen LogP contribution in [0.2, 0.25) is 0 Å². The minimum Gasteiger partial charge on any atom is -0.321 e. The van der Waals surface area contributed by atoms with Crippen LogP contribution in [-0.2, 0) is 17.9 Å². The van der Waals surface area contributed by atoms with E-state index in [0.29, 0.717) is 12.8 Å². The molecule has 1 fully saturated rings. The molecule has 1 aliphatic rings. The van der Waals surface area contributed by atoms with Gasteiger partial charge in [0.2, 0.25) is 0 Å². The van der Waals surface area contributed by atoms with Crippen molar-refractivity contribution >= 4 is 16.1 Å². The summed E-state index contributed by atoms with van der Waals surface area (Å²) in [6.07, 6.45) is 0.351. The van der Waals surface area contributed by atoms with Crippen LogP contribution in [0.4, 0.5) is 0 Å². The Hall–Kier alpha value is 0.500. The quantitative estimate of drug-likeness (QED) is 0.707. The predicted octanol–water partition coefficient (Wildman–Crippen LogP) is 2.44. The van der Waals surface area contributed by atoms with Gasteiger partial charge in [-0.3, -0.25) is 4.57 Å². The Morgan fingerprint density at radius 3 is 2.64 bits per heavy atom. The first-order valence-corrected chi connectivity index (χ1v) is 7.53. The molecule has 2 atom stereocenters. The third-order valence-corrected chi connectivity index (χ3v) is 6.27. The highest BCUT2D eigenvalue weighted by Crippen LogP contribution is 2.64. The number of hydrogen-bond donors (Lipinski definition) is 0. The van der Waals surface area contributed by atoms with Crippen molar-refractivity contribution in [3.8, 4) is 0 Å². The van der Waals surface area contributed by atoms with Crippen molar-refractivity contribution in [2.75, 3.05) is 33.0 Å². The number of rotatable bonds is 4. The molecule has 0 aromatic rings. The summed E-state index contributed by atoms with van der Waals surface area (Å²) in [6, 6.07) is 0. The highest BCUT2D eigenvalue weighted by Gasteiger charge is 2.36. The SMILES string of the molecule is CCN(CC)P1OCCP(=O)(OC)O1. The molecular weight excluding hydrogens is 224 g/mol. The van der Waals surface area contributed by atoms with Gasteiger partial charge in [-0.2, -0.15) is 0 Å². The van der Waals surface area contributed by atoms with E-state index >= 15 is 0 Å². The third kappa shape index (κ3) is 2.99. The van der Waals surface area contributed by atoms with E-state index in [1.165, 1.54) is 7.11 Å². The molecule has 0 saturated carbocycles. The molecule has 0 aliphatic carbocycles. The molecule has 2 unspecified atom stereocenters. The topological polar surface area (TPSA) is 48.0 Å². The van der Waals surface area contributed by atoms with E-state index in [2.05, 4.69) is 0 Å². The first-order chi connectivity index (χ1) is 6.65. The zero-order chi connectivity index (χ0) is 10.6. The lowest BCUT2D eigenvalue weighted by molar-refractivity contribution is 0.224. The smallest absolute Gasteiger partial charge is 0.321 e. The highest BCUT2D eigenvalue weighted by molar-refractivity contribution is 7.64. The summed E-state index contributed by atoms with van der Waals surface area (Å²) < 4.78 is 29.5. The van der Waals surface area contributed by atoms with Crippen molar-refractivity contribution in [2.45, 2.75) is 13.8 Å². The minimum atomic E-state index is -2.87. The molecule has 0 radical (unpaired) electrons. The fourth-order valence-electron chi connectivity index (χ4n) is 1.11. The summed E-state index contributed by atoms with van der Waals surface area (Å²) in [5.41, 5.74) is 0. The van der Waals surface area contributed by atoms with E-state index < -0.39 is 16.1 Å². The maximum Gasteiger partial charge on any atom is 0.338 e. The predicted molar refractivity (Wildman–Crippen MR) is 56.4 cm³/mol. The lowest BCUT2D eigenvalue weighted by Gasteiger charge is -2.33. The lowest BCUT2D eigenvalue weighted by atomic mass is 10.7. The van der Waals surface area contributed by atoms with Crippen LogP contribution in [0, 0.1) is 0 Å². The molecule has 7 heteroatoms. The summed E-state index contributed by atoms with van der Waals surface area (Å²) in [4.78, 5) is 0. The third-order valence-electron chi connectivity index (χ3n) is 2.00. The van der Waals surface area contributed by atoms with Crippen molar-refractivity contribution in [3.63, 3.8) is 0 Å². The van der Waals surface area contributed by atoms with Crippen LogP contribution < -0.4 is 0 Å². The fourth-order valence-corrected chi connectivity index (χ4v) is 4.67. The first-order valence-electron chi connectivity index (χ1n) is 4.67. The van der Waals surface area contributed by atoms with Crippen LogP contribution >= 0.6 is 16.1 Å². The summed E-state index contributed by atoms with van der Waals surface area (Å²) in [5, 5.41) is 0. The molecule has 14 heavy (non-hydrogen) atoms. The van der Waals surface area contributed by atoms with E-state index in [0.717, 1.165) is 13.1 Å². The van der Waals surface area contributed by atoms with Gasteiger partial charge in [0.15, 0.2) is 0 Å². The molecule has 0 aromatic heterocycles. The first kappa shape index (κ1) is 12.6. The van der Waals surface area contributed by atoms with Gasteiger partial charge in [-0.05, 0) is 0 Å². The fraction of sp³-hybridized carbons (Fsp3) is 1.00. The van der Waals surface area contributed by atoms with Gasteiger partial charge < -0.3 is 9.05 Å². The van der Waals surface area contributed by atoms with Crippen LogP contribution in [0.15, 0.2) is 0 Å². The van der Waals surface area contributed by atoms with E-state index in [1.54, 1.807) is 0 Å². The van der Waals surface area contributed by atoms with Crippen LogP contribution in [0.1, 0.15) is 13.8 Å². The van der Waals surface area contributed by atoms with Crippen molar-refractivity contribution in [3.05, 3.63) is 0 Å². The Morgan fingerprint density at radius 2 is 2.14 bits per heavy atom.